The lowest BCUT2D eigenvalue weighted by Crippen LogP contribution is -2.40. The molecule has 0 bridgehead atoms. The average molecular weight is 385 g/mol. The Kier molecular flexibility index (Phi) is 6.34. The molecule has 0 saturated carbocycles. The number of hydrogen-bond acceptors (Lipinski definition) is 4. The summed E-state index contributed by atoms with van der Waals surface area (Å²) in [5.74, 6) is -1.81. The van der Waals surface area contributed by atoms with Crippen molar-refractivity contribution in [3.05, 3.63) is 102 Å². The topological polar surface area (TPSA) is 83.8 Å². The third kappa shape index (κ3) is 4.16. The molecule has 0 radical (unpaired) electrons. The average Bonchev–Trinajstić information content (AvgIpc) is 2.69. The SMILES string of the molecule is Cl.O=C(O)c1ccc(OC(=O)C(O)(c2ccccc2)c2ccccc2)cc1. The molecule has 3 aromatic carbocycles. The van der Waals surface area contributed by atoms with Crippen molar-refractivity contribution in [1.29, 1.82) is 0 Å². The Labute approximate surface area is 162 Å². The molecule has 0 spiro atoms. The summed E-state index contributed by atoms with van der Waals surface area (Å²) < 4.78 is 5.34. The zero-order chi connectivity index (χ0) is 18.6. The highest BCUT2D eigenvalue weighted by Crippen LogP contribution is 2.31. The lowest BCUT2D eigenvalue weighted by molar-refractivity contribution is -0.152. The van der Waals surface area contributed by atoms with Crippen molar-refractivity contribution in [3.8, 4) is 5.75 Å². The molecule has 138 valence electrons. The van der Waals surface area contributed by atoms with E-state index in [1.54, 1.807) is 60.7 Å². The number of carbonyl (C=O) groups is 2. The molecule has 0 aliphatic carbocycles. The van der Waals surface area contributed by atoms with Crippen LogP contribution in [0.15, 0.2) is 84.9 Å². The fourth-order valence-corrected chi connectivity index (χ4v) is 2.61. The molecule has 0 unspecified atom stereocenters. The van der Waals surface area contributed by atoms with Gasteiger partial charge in [0.25, 0.3) is 0 Å². The summed E-state index contributed by atoms with van der Waals surface area (Å²) in [7, 11) is 0. The number of halogens is 1. The van der Waals surface area contributed by atoms with Crippen LogP contribution in [0, 0.1) is 0 Å². The zero-order valence-electron chi connectivity index (χ0n) is 14.1. The van der Waals surface area contributed by atoms with Gasteiger partial charge in [-0.25, -0.2) is 9.59 Å². The van der Waals surface area contributed by atoms with Crippen LogP contribution in [0.1, 0.15) is 21.5 Å². The van der Waals surface area contributed by atoms with Gasteiger partial charge in [-0.2, -0.15) is 0 Å². The maximum Gasteiger partial charge on any atom is 0.353 e. The number of hydrogen-bond donors (Lipinski definition) is 2. The summed E-state index contributed by atoms with van der Waals surface area (Å²) in [6.07, 6.45) is 0. The second kappa shape index (κ2) is 8.49. The second-order valence-corrected chi connectivity index (χ2v) is 5.66. The molecule has 0 heterocycles. The molecule has 2 N–H and O–H groups in total. The summed E-state index contributed by atoms with van der Waals surface area (Å²) in [6, 6.07) is 22.4. The predicted octanol–water partition coefficient (Wildman–Crippen LogP) is 3.65. The summed E-state index contributed by atoms with van der Waals surface area (Å²) >= 11 is 0. The number of ether oxygens (including phenoxy) is 1. The van der Waals surface area contributed by atoms with E-state index in [0.717, 1.165) is 0 Å². The number of esters is 1. The van der Waals surface area contributed by atoms with Crippen molar-refractivity contribution in [2.45, 2.75) is 5.60 Å². The van der Waals surface area contributed by atoms with Gasteiger partial charge in [0, 0.05) is 0 Å². The van der Waals surface area contributed by atoms with E-state index < -0.39 is 17.5 Å². The van der Waals surface area contributed by atoms with E-state index in [9.17, 15) is 14.7 Å². The highest BCUT2D eigenvalue weighted by atomic mass is 35.5. The Balaban J connectivity index is 0.00000261. The lowest BCUT2D eigenvalue weighted by Gasteiger charge is -2.27. The molecular formula is C21H17ClO5. The van der Waals surface area contributed by atoms with Gasteiger partial charge in [-0.05, 0) is 35.4 Å². The van der Waals surface area contributed by atoms with Gasteiger partial charge in [0.2, 0.25) is 5.60 Å². The zero-order valence-corrected chi connectivity index (χ0v) is 14.9. The molecule has 0 fully saturated rings. The van der Waals surface area contributed by atoms with Gasteiger partial charge in [-0.3, -0.25) is 0 Å². The summed E-state index contributed by atoms with van der Waals surface area (Å²) in [6.45, 7) is 0. The summed E-state index contributed by atoms with van der Waals surface area (Å²) in [5, 5.41) is 20.2. The van der Waals surface area contributed by atoms with Crippen LogP contribution in [0.2, 0.25) is 0 Å². The van der Waals surface area contributed by atoms with Crippen LogP contribution in [0.25, 0.3) is 0 Å². The number of carboxylic acid groups (broad SMARTS) is 1. The van der Waals surface area contributed by atoms with E-state index in [1.165, 1.54) is 24.3 Å². The maximum absolute atomic E-state index is 12.9. The van der Waals surface area contributed by atoms with Crippen LogP contribution >= 0.6 is 12.4 Å². The molecule has 0 atom stereocenters. The number of carboxylic acids is 1. The Morgan fingerprint density at radius 3 is 1.59 bits per heavy atom. The fraction of sp³-hybridized carbons (Fsp3) is 0.0476. The summed E-state index contributed by atoms with van der Waals surface area (Å²) in [5.41, 5.74) is -1.17. The molecule has 0 amide bonds. The molecule has 0 aliphatic heterocycles. The molecule has 0 saturated heterocycles. The molecule has 0 aliphatic rings. The Morgan fingerprint density at radius 1 is 0.741 bits per heavy atom. The number of benzene rings is 3. The Morgan fingerprint density at radius 2 is 1.19 bits per heavy atom. The molecule has 6 heteroatoms. The second-order valence-electron chi connectivity index (χ2n) is 5.66. The minimum Gasteiger partial charge on any atom is -0.478 e. The third-order valence-electron chi connectivity index (χ3n) is 3.99. The largest absolute Gasteiger partial charge is 0.478 e. The first-order chi connectivity index (χ1) is 12.5. The first-order valence-corrected chi connectivity index (χ1v) is 7.91. The van der Waals surface area contributed by atoms with Gasteiger partial charge in [-0.1, -0.05) is 60.7 Å². The van der Waals surface area contributed by atoms with Crippen LogP contribution in [0.4, 0.5) is 0 Å². The highest BCUT2D eigenvalue weighted by Gasteiger charge is 2.41. The van der Waals surface area contributed by atoms with E-state index in [2.05, 4.69) is 0 Å². The van der Waals surface area contributed by atoms with Gasteiger partial charge in [-0.15, -0.1) is 12.4 Å². The summed E-state index contributed by atoms with van der Waals surface area (Å²) in [4.78, 5) is 23.8. The van der Waals surface area contributed by atoms with E-state index in [4.69, 9.17) is 9.84 Å². The van der Waals surface area contributed by atoms with Crippen molar-refractivity contribution < 1.29 is 24.5 Å². The minimum atomic E-state index is -1.99. The Bertz CT molecular complexity index is 869. The standard InChI is InChI=1S/C21H16O5.ClH/c22-19(23)15-11-13-18(14-12-15)26-20(24)21(25,16-7-3-1-4-8-16)17-9-5-2-6-10-17;/h1-14,25H,(H,22,23);1H. The van der Waals surface area contributed by atoms with E-state index in [-0.39, 0.29) is 23.7 Å². The van der Waals surface area contributed by atoms with Crippen molar-refractivity contribution >= 4 is 24.3 Å². The number of carbonyl (C=O) groups excluding carboxylic acids is 1. The molecule has 0 aromatic heterocycles. The van der Waals surface area contributed by atoms with E-state index in [1.807, 2.05) is 0 Å². The van der Waals surface area contributed by atoms with E-state index >= 15 is 0 Å². The predicted molar refractivity (Wildman–Crippen MR) is 102 cm³/mol. The molecular weight excluding hydrogens is 368 g/mol. The van der Waals surface area contributed by atoms with Gasteiger partial charge < -0.3 is 14.9 Å². The Hall–Kier alpha value is -3.15. The fourth-order valence-electron chi connectivity index (χ4n) is 2.61. The highest BCUT2D eigenvalue weighted by molar-refractivity contribution is 5.89. The molecule has 5 nitrogen and oxygen atoms in total. The normalized spacial score (nSPS) is 10.6. The van der Waals surface area contributed by atoms with Crippen LogP contribution in [-0.4, -0.2) is 22.2 Å². The van der Waals surface area contributed by atoms with Gasteiger partial charge in [0.1, 0.15) is 5.75 Å². The molecule has 3 rings (SSSR count). The van der Waals surface area contributed by atoms with Crippen molar-refractivity contribution in [2.24, 2.45) is 0 Å². The van der Waals surface area contributed by atoms with Gasteiger partial charge in [0.15, 0.2) is 0 Å². The van der Waals surface area contributed by atoms with Crippen molar-refractivity contribution in [3.63, 3.8) is 0 Å². The first kappa shape index (κ1) is 20.2. The molecule has 3 aromatic rings. The quantitative estimate of drug-likeness (QED) is 0.518. The van der Waals surface area contributed by atoms with Crippen LogP contribution in [-0.2, 0) is 10.4 Å². The van der Waals surface area contributed by atoms with Crippen molar-refractivity contribution in [1.82, 2.24) is 0 Å². The number of aliphatic hydroxyl groups is 1. The molecule has 27 heavy (non-hydrogen) atoms. The van der Waals surface area contributed by atoms with Crippen LogP contribution in [0.5, 0.6) is 5.75 Å². The van der Waals surface area contributed by atoms with Crippen LogP contribution < -0.4 is 4.74 Å². The van der Waals surface area contributed by atoms with Crippen LogP contribution in [0.3, 0.4) is 0 Å². The first-order valence-electron chi connectivity index (χ1n) is 7.91. The number of aromatic carboxylic acids is 1. The maximum atomic E-state index is 12.9. The lowest BCUT2D eigenvalue weighted by atomic mass is 9.86. The van der Waals surface area contributed by atoms with Gasteiger partial charge >= 0.3 is 11.9 Å². The monoisotopic (exact) mass is 384 g/mol. The van der Waals surface area contributed by atoms with Crippen molar-refractivity contribution in [2.75, 3.05) is 0 Å². The smallest absolute Gasteiger partial charge is 0.353 e. The number of rotatable bonds is 5. The van der Waals surface area contributed by atoms with E-state index in [0.29, 0.717) is 11.1 Å². The van der Waals surface area contributed by atoms with Gasteiger partial charge in [0.05, 0.1) is 5.56 Å². The third-order valence-corrected chi connectivity index (χ3v) is 3.99. The minimum absolute atomic E-state index is 0.